The quantitative estimate of drug-likeness (QED) is 0.555. The number of nitrogens with zero attached hydrogens (tertiary/aromatic N) is 4. The van der Waals surface area contributed by atoms with Crippen molar-refractivity contribution < 1.29 is 13.9 Å². The molecule has 1 aliphatic rings. The van der Waals surface area contributed by atoms with E-state index < -0.39 is 5.60 Å². The molecule has 162 valence electrons. The summed E-state index contributed by atoms with van der Waals surface area (Å²) in [6.07, 6.45) is 2.10. The number of hydrogen-bond acceptors (Lipinski definition) is 5. The van der Waals surface area contributed by atoms with Crippen LogP contribution in [0.2, 0.25) is 0 Å². The van der Waals surface area contributed by atoms with Crippen LogP contribution < -0.4 is 15.5 Å². The molecule has 29 heavy (non-hydrogen) atoms. The Morgan fingerprint density at radius 1 is 1.48 bits per heavy atom. The number of ether oxygens (including phenoxy) is 1. The number of likely N-dealkylation sites (N-methyl/N-ethyl adjacent to an activating group) is 1. The first kappa shape index (κ1) is 22.7. The summed E-state index contributed by atoms with van der Waals surface area (Å²) in [6, 6.07) is 3.16. The van der Waals surface area contributed by atoms with Crippen molar-refractivity contribution in [3.05, 3.63) is 24.1 Å². The number of pyridine rings is 1. The Labute approximate surface area is 172 Å². The number of aliphatic imine (C=N–C) groups is 1. The fraction of sp³-hybridized carbons (Fsp3) is 0.650. The molecule has 2 rings (SSSR count). The van der Waals surface area contributed by atoms with Crippen molar-refractivity contribution in [3.63, 3.8) is 0 Å². The van der Waals surface area contributed by atoms with Gasteiger partial charge in [-0.2, -0.15) is 0 Å². The largest absolute Gasteiger partial charge is 0.444 e. The van der Waals surface area contributed by atoms with Crippen LogP contribution in [0.4, 0.5) is 15.0 Å². The highest BCUT2D eigenvalue weighted by atomic mass is 19.1. The van der Waals surface area contributed by atoms with E-state index in [0.29, 0.717) is 31.4 Å². The zero-order chi connectivity index (χ0) is 21.4. The minimum absolute atomic E-state index is 0.137. The van der Waals surface area contributed by atoms with Gasteiger partial charge in [0.2, 0.25) is 0 Å². The number of carbonyl (C=O) groups is 1. The highest BCUT2D eigenvalue weighted by Crippen LogP contribution is 2.20. The second-order valence-corrected chi connectivity index (χ2v) is 8.05. The van der Waals surface area contributed by atoms with Crippen LogP contribution in [0.3, 0.4) is 0 Å². The van der Waals surface area contributed by atoms with E-state index >= 15 is 0 Å². The average molecular weight is 409 g/mol. The van der Waals surface area contributed by atoms with Gasteiger partial charge in [-0.05, 0) is 46.2 Å². The molecule has 1 atom stereocenters. The highest BCUT2D eigenvalue weighted by Gasteiger charge is 2.26. The van der Waals surface area contributed by atoms with E-state index in [1.807, 2.05) is 32.6 Å². The van der Waals surface area contributed by atoms with Gasteiger partial charge in [0, 0.05) is 45.5 Å². The predicted octanol–water partition coefficient (Wildman–Crippen LogP) is 2.22. The molecule has 0 radical (unpaired) electrons. The van der Waals surface area contributed by atoms with Gasteiger partial charge in [-0.1, -0.05) is 0 Å². The summed E-state index contributed by atoms with van der Waals surface area (Å²) in [6.45, 7) is 10.5. The number of aromatic nitrogens is 1. The third-order valence-electron chi connectivity index (χ3n) is 4.32. The molecule has 0 aliphatic carbocycles. The maximum Gasteiger partial charge on any atom is 0.410 e. The normalized spacial score (nSPS) is 17.2. The predicted molar refractivity (Wildman–Crippen MR) is 113 cm³/mol. The van der Waals surface area contributed by atoms with Gasteiger partial charge in [-0.25, -0.2) is 14.2 Å². The number of anilines is 1. The van der Waals surface area contributed by atoms with Gasteiger partial charge in [-0.15, -0.1) is 0 Å². The van der Waals surface area contributed by atoms with E-state index in [2.05, 4.69) is 20.6 Å². The summed E-state index contributed by atoms with van der Waals surface area (Å²) < 4.78 is 19.3. The molecule has 1 unspecified atom stereocenters. The fourth-order valence-corrected chi connectivity index (χ4v) is 2.94. The summed E-state index contributed by atoms with van der Waals surface area (Å²) in [4.78, 5) is 24.2. The second-order valence-electron chi connectivity index (χ2n) is 8.05. The Kier molecular flexibility index (Phi) is 8.04. The standard InChI is InChI=1S/C20H33FN6O2/c1-6-22-18(24-11-13-26(5)19(28)29-20(2,3)4)25-15-9-12-27(14-15)17-16(21)8-7-10-23-17/h7-8,10,15H,6,9,11-14H2,1-5H3,(H2,22,24,25). The lowest BCUT2D eigenvalue weighted by Crippen LogP contribution is -2.45. The number of guanidine groups is 1. The van der Waals surface area contributed by atoms with Crippen LogP contribution in [0.15, 0.2) is 23.3 Å². The van der Waals surface area contributed by atoms with Crippen molar-refractivity contribution >= 4 is 17.9 Å². The van der Waals surface area contributed by atoms with E-state index in [4.69, 9.17) is 4.74 Å². The number of rotatable bonds is 6. The number of amides is 1. The summed E-state index contributed by atoms with van der Waals surface area (Å²) in [5, 5.41) is 6.60. The van der Waals surface area contributed by atoms with Crippen LogP contribution in [-0.4, -0.2) is 73.4 Å². The molecule has 0 saturated carbocycles. The first-order valence-electron chi connectivity index (χ1n) is 10.0. The van der Waals surface area contributed by atoms with Crippen LogP contribution in [0.25, 0.3) is 0 Å². The Morgan fingerprint density at radius 3 is 2.90 bits per heavy atom. The lowest BCUT2D eigenvalue weighted by Gasteiger charge is -2.24. The first-order valence-corrected chi connectivity index (χ1v) is 10.0. The first-order chi connectivity index (χ1) is 13.7. The van der Waals surface area contributed by atoms with Crippen LogP contribution in [0.5, 0.6) is 0 Å². The molecule has 1 fully saturated rings. The zero-order valence-electron chi connectivity index (χ0n) is 18.0. The summed E-state index contributed by atoms with van der Waals surface area (Å²) in [5.74, 6) is 0.759. The van der Waals surface area contributed by atoms with Gasteiger partial charge in [0.05, 0.1) is 6.54 Å². The van der Waals surface area contributed by atoms with Crippen molar-refractivity contribution in [1.29, 1.82) is 0 Å². The molecule has 0 spiro atoms. The maximum absolute atomic E-state index is 14.0. The Balaban J connectivity index is 1.86. The highest BCUT2D eigenvalue weighted by molar-refractivity contribution is 5.80. The molecule has 9 heteroatoms. The van der Waals surface area contributed by atoms with E-state index in [-0.39, 0.29) is 18.0 Å². The Morgan fingerprint density at radius 2 is 2.24 bits per heavy atom. The van der Waals surface area contributed by atoms with Gasteiger partial charge in [0.25, 0.3) is 0 Å². The van der Waals surface area contributed by atoms with E-state index in [1.165, 1.54) is 11.0 Å². The van der Waals surface area contributed by atoms with Crippen LogP contribution >= 0.6 is 0 Å². The third kappa shape index (κ3) is 7.40. The summed E-state index contributed by atoms with van der Waals surface area (Å²) >= 11 is 0. The lowest BCUT2D eigenvalue weighted by molar-refractivity contribution is 0.0304. The zero-order valence-corrected chi connectivity index (χ0v) is 18.0. The van der Waals surface area contributed by atoms with Crippen molar-refractivity contribution in [3.8, 4) is 0 Å². The maximum atomic E-state index is 14.0. The minimum Gasteiger partial charge on any atom is -0.444 e. The number of hydrogen-bond donors (Lipinski definition) is 2. The summed E-state index contributed by atoms with van der Waals surface area (Å²) in [5.41, 5.74) is -0.521. The van der Waals surface area contributed by atoms with E-state index in [0.717, 1.165) is 19.5 Å². The molecule has 1 amide bonds. The number of halogens is 1. The second kappa shape index (κ2) is 10.3. The van der Waals surface area contributed by atoms with Gasteiger partial charge in [0.1, 0.15) is 5.60 Å². The van der Waals surface area contributed by atoms with Gasteiger partial charge < -0.3 is 25.2 Å². The van der Waals surface area contributed by atoms with Crippen LogP contribution in [0.1, 0.15) is 34.1 Å². The van der Waals surface area contributed by atoms with Gasteiger partial charge in [0.15, 0.2) is 17.6 Å². The van der Waals surface area contributed by atoms with Crippen LogP contribution in [0, 0.1) is 5.82 Å². The molecule has 2 heterocycles. The van der Waals surface area contributed by atoms with Crippen molar-refractivity contribution in [1.82, 2.24) is 20.5 Å². The van der Waals surface area contributed by atoms with Gasteiger partial charge >= 0.3 is 6.09 Å². The lowest BCUT2D eigenvalue weighted by atomic mass is 10.2. The molecule has 2 N–H and O–H groups in total. The minimum atomic E-state index is -0.521. The SMILES string of the molecule is CCNC(=NCCN(C)C(=O)OC(C)(C)C)NC1CCN(c2ncccc2F)C1. The van der Waals surface area contributed by atoms with Gasteiger partial charge in [-0.3, -0.25) is 4.99 Å². The molecule has 0 aromatic carbocycles. The molecular formula is C20H33FN6O2. The third-order valence-corrected chi connectivity index (χ3v) is 4.32. The monoisotopic (exact) mass is 408 g/mol. The van der Waals surface area contributed by atoms with Crippen molar-refractivity contribution in [2.24, 2.45) is 4.99 Å². The Bertz CT molecular complexity index is 706. The topological polar surface area (TPSA) is 82.1 Å². The molecule has 8 nitrogen and oxygen atoms in total. The Hall–Kier alpha value is -2.58. The van der Waals surface area contributed by atoms with E-state index in [9.17, 15) is 9.18 Å². The van der Waals surface area contributed by atoms with Crippen molar-refractivity contribution in [2.75, 3.05) is 44.7 Å². The molecule has 1 saturated heterocycles. The number of nitrogens with one attached hydrogen (secondary N) is 2. The van der Waals surface area contributed by atoms with Crippen LogP contribution in [-0.2, 0) is 4.74 Å². The van der Waals surface area contributed by atoms with Crippen molar-refractivity contribution in [2.45, 2.75) is 45.8 Å². The van der Waals surface area contributed by atoms with E-state index in [1.54, 1.807) is 19.3 Å². The summed E-state index contributed by atoms with van der Waals surface area (Å²) in [7, 11) is 1.69. The molecular weight excluding hydrogens is 375 g/mol. The fourth-order valence-electron chi connectivity index (χ4n) is 2.94. The molecule has 1 aliphatic heterocycles. The smallest absolute Gasteiger partial charge is 0.410 e. The molecule has 1 aromatic rings. The molecule has 0 bridgehead atoms. The average Bonchev–Trinajstić information content (AvgIpc) is 3.09. The number of carbonyl (C=O) groups excluding carboxylic acids is 1. The molecule has 1 aromatic heterocycles.